The van der Waals surface area contributed by atoms with Gasteiger partial charge in [-0.2, -0.15) is 0 Å². The smallest absolute Gasteiger partial charge is 0.319 e. The van der Waals surface area contributed by atoms with Crippen LogP contribution < -0.4 is 10.6 Å². The Morgan fingerprint density at radius 3 is 2.80 bits per heavy atom. The average Bonchev–Trinajstić information content (AvgIpc) is 2.94. The summed E-state index contributed by atoms with van der Waals surface area (Å²) in [6, 6.07) is 4.40. The molecule has 2 rings (SSSR count). The van der Waals surface area contributed by atoms with Gasteiger partial charge in [-0.15, -0.1) is 0 Å². The van der Waals surface area contributed by atoms with Crippen LogP contribution in [0.5, 0.6) is 0 Å². The molecule has 0 bridgehead atoms. The van der Waals surface area contributed by atoms with E-state index in [1.807, 2.05) is 6.92 Å². The van der Waals surface area contributed by atoms with Crippen molar-refractivity contribution < 1.29 is 4.79 Å². The van der Waals surface area contributed by atoms with E-state index in [0.29, 0.717) is 15.7 Å². The van der Waals surface area contributed by atoms with Crippen LogP contribution in [0.25, 0.3) is 0 Å². The molecule has 0 saturated heterocycles. The highest BCUT2D eigenvalue weighted by atomic mass is 35.5. The third kappa shape index (κ3) is 3.65. The second-order valence-corrected chi connectivity index (χ2v) is 4.98. The number of urea groups is 1. The molecule has 0 fully saturated rings. The molecule has 20 heavy (non-hydrogen) atoms. The molecular weight excluding hydrogens is 299 g/mol. The van der Waals surface area contributed by atoms with Crippen molar-refractivity contribution in [1.82, 2.24) is 15.3 Å². The minimum absolute atomic E-state index is 0.173. The van der Waals surface area contributed by atoms with E-state index in [4.69, 9.17) is 23.2 Å². The number of H-pyrrole nitrogens is 1. The number of nitrogens with zero attached hydrogens (tertiary/aromatic N) is 1. The lowest BCUT2D eigenvalue weighted by Crippen LogP contribution is -2.32. The summed E-state index contributed by atoms with van der Waals surface area (Å²) in [5.41, 5.74) is 0.575. The van der Waals surface area contributed by atoms with Crippen molar-refractivity contribution in [2.45, 2.75) is 19.4 Å². The van der Waals surface area contributed by atoms with Gasteiger partial charge < -0.3 is 15.6 Å². The summed E-state index contributed by atoms with van der Waals surface area (Å²) in [6.07, 6.45) is 4.09. The maximum Gasteiger partial charge on any atom is 0.319 e. The molecular formula is C13H14Cl2N4O. The molecule has 0 aliphatic rings. The van der Waals surface area contributed by atoms with Crippen molar-refractivity contribution in [3.8, 4) is 0 Å². The molecule has 0 saturated carbocycles. The van der Waals surface area contributed by atoms with Gasteiger partial charge in [0.1, 0.15) is 5.82 Å². The van der Waals surface area contributed by atoms with Crippen LogP contribution >= 0.6 is 23.2 Å². The zero-order valence-corrected chi connectivity index (χ0v) is 12.3. The number of imidazole rings is 1. The number of hydrogen-bond donors (Lipinski definition) is 3. The minimum Gasteiger partial charge on any atom is -0.347 e. The number of amides is 2. The van der Waals surface area contributed by atoms with E-state index in [9.17, 15) is 4.79 Å². The molecule has 1 aromatic carbocycles. The van der Waals surface area contributed by atoms with Crippen molar-refractivity contribution in [3.05, 3.63) is 46.5 Å². The van der Waals surface area contributed by atoms with Gasteiger partial charge in [0, 0.05) is 18.1 Å². The van der Waals surface area contributed by atoms with E-state index in [1.165, 1.54) is 0 Å². The number of rotatable bonds is 4. The first kappa shape index (κ1) is 14.7. The molecule has 0 aliphatic heterocycles. The van der Waals surface area contributed by atoms with Crippen molar-refractivity contribution >= 4 is 34.9 Å². The molecule has 2 amide bonds. The van der Waals surface area contributed by atoms with E-state index >= 15 is 0 Å². The summed E-state index contributed by atoms with van der Waals surface area (Å²) >= 11 is 11.7. The molecule has 1 heterocycles. The van der Waals surface area contributed by atoms with Crippen LogP contribution in [-0.4, -0.2) is 16.0 Å². The molecule has 1 unspecified atom stereocenters. The molecule has 3 N–H and O–H groups in total. The second-order valence-electron chi connectivity index (χ2n) is 4.16. The Balaban J connectivity index is 1.99. The van der Waals surface area contributed by atoms with Gasteiger partial charge in [0.25, 0.3) is 0 Å². The Bertz CT molecular complexity index is 586. The van der Waals surface area contributed by atoms with E-state index < -0.39 is 0 Å². The zero-order chi connectivity index (χ0) is 14.5. The van der Waals surface area contributed by atoms with E-state index in [1.54, 1.807) is 30.6 Å². The lowest BCUT2D eigenvalue weighted by molar-refractivity contribution is 0.247. The summed E-state index contributed by atoms with van der Waals surface area (Å²) in [4.78, 5) is 19.1. The van der Waals surface area contributed by atoms with Crippen molar-refractivity contribution in [3.63, 3.8) is 0 Å². The number of nitrogens with one attached hydrogen (secondary N) is 3. The molecule has 0 radical (unpaired) electrons. The molecule has 1 atom stereocenters. The highest BCUT2D eigenvalue weighted by Gasteiger charge is 2.14. The normalized spacial score (nSPS) is 11.9. The summed E-state index contributed by atoms with van der Waals surface area (Å²) < 4.78 is 0. The maximum absolute atomic E-state index is 11.9. The van der Waals surface area contributed by atoms with Gasteiger partial charge in [-0.1, -0.05) is 30.1 Å². The summed E-state index contributed by atoms with van der Waals surface area (Å²) in [7, 11) is 0. The monoisotopic (exact) mass is 312 g/mol. The van der Waals surface area contributed by atoms with Gasteiger partial charge in [0.15, 0.2) is 0 Å². The Kier molecular flexibility index (Phi) is 4.87. The molecule has 106 valence electrons. The van der Waals surface area contributed by atoms with Crippen LogP contribution in [0.15, 0.2) is 30.6 Å². The summed E-state index contributed by atoms with van der Waals surface area (Å²) in [6.45, 7) is 1.96. The summed E-state index contributed by atoms with van der Waals surface area (Å²) in [5, 5.41) is 6.37. The number of aromatic nitrogens is 2. The summed E-state index contributed by atoms with van der Waals surface area (Å²) in [5.74, 6) is 0.719. The van der Waals surface area contributed by atoms with E-state index in [2.05, 4.69) is 20.6 Å². The lowest BCUT2D eigenvalue weighted by atomic mass is 10.2. The van der Waals surface area contributed by atoms with Crippen molar-refractivity contribution in [1.29, 1.82) is 0 Å². The number of anilines is 1. The van der Waals surface area contributed by atoms with Crippen LogP contribution in [0.2, 0.25) is 10.0 Å². The predicted molar refractivity (Wildman–Crippen MR) is 80.2 cm³/mol. The quantitative estimate of drug-likeness (QED) is 0.799. The number of benzene rings is 1. The van der Waals surface area contributed by atoms with Crippen molar-refractivity contribution in [2.24, 2.45) is 0 Å². The number of halogens is 2. The SMILES string of the molecule is CCC(NC(=O)Nc1ccc(Cl)c(Cl)c1)c1ncc[nH]1. The lowest BCUT2D eigenvalue weighted by Gasteiger charge is -2.15. The fourth-order valence-electron chi connectivity index (χ4n) is 1.73. The standard InChI is InChI=1S/C13H14Cl2N4O/c1-2-11(12-16-5-6-17-12)19-13(20)18-8-3-4-9(14)10(15)7-8/h3-7,11H,2H2,1H3,(H,16,17)(H2,18,19,20). The molecule has 0 aliphatic carbocycles. The average molecular weight is 313 g/mol. The van der Waals surface area contributed by atoms with Crippen LogP contribution in [0.4, 0.5) is 10.5 Å². The Labute approximate surface area is 126 Å². The zero-order valence-electron chi connectivity index (χ0n) is 10.8. The molecule has 0 spiro atoms. The third-order valence-electron chi connectivity index (χ3n) is 2.74. The van der Waals surface area contributed by atoms with Gasteiger partial charge in [0.2, 0.25) is 0 Å². The Morgan fingerprint density at radius 1 is 1.40 bits per heavy atom. The van der Waals surface area contributed by atoms with E-state index in [0.717, 1.165) is 12.2 Å². The predicted octanol–water partition coefficient (Wildman–Crippen LogP) is 3.99. The first-order chi connectivity index (χ1) is 9.60. The van der Waals surface area contributed by atoms with Gasteiger partial charge >= 0.3 is 6.03 Å². The van der Waals surface area contributed by atoms with Crippen LogP contribution in [-0.2, 0) is 0 Å². The van der Waals surface area contributed by atoms with Crippen LogP contribution in [0.1, 0.15) is 25.2 Å². The fraction of sp³-hybridized carbons (Fsp3) is 0.231. The number of carbonyl (C=O) groups excluding carboxylic acids is 1. The van der Waals surface area contributed by atoms with Gasteiger partial charge in [-0.05, 0) is 24.6 Å². The van der Waals surface area contributed by atoms with Crippen molar-refractivity contribution in [2.75, 3.05) is 5.32 Å². The highest BCUT2D eigenvalue weighted by Crippen LogP contribution is 2.25. The van der Waals surface area contributed by atoms with Crippen LogP contribution in [0, 0.1) is 0 Å². The Morgan fingerprint density at radius 2 is 2.20 bits per heavy atom. The largest absolute Gasteiger partial charge is 0.347 e. The topological polar surface area (TPSA) is 69.8 Å². The number of carbonyl (C=O) groups is 1. The molecule has 2 aromatic rings. The third-order valence-corrected chi connectivity index (χ3v) is 3.48. The Hall–Kier alpha value is -1.72. The van der Waals surface area contributed by atoms with E-state index in [-0.39, 0.29) is 12.1 Å². The maximum atomic E-state index is 11.9. The molecule has 7 heteroatoms. The minimum atomic E-state index is -0.327. The van der Waals surface area contributed by atoms with Gasteiger partial charge in [-0.25, -0.2) is 9.78 Å². The first-order valence-corrected chi connectivity index (χ1v) is 6.87. The highest BCUT2D eigenvalue weighted by molar-refractivity contribution is 6.42. The number of aromatic amines is 1. The number of hydrogen-bond acceptors (Lipinski definition) is 2. The van der Waals surface area contributed by atoms with Crippen LogP contribution in [0.3, 0.4) is 0 Å². The van der Waals surface area contributed by atoms with Gasteiger partial charge in [-0.3, -0.25) is 0 Å². The second kappa shape index (κ2) is 6.63. The molecule has 5 nitrogen and oxygen atoms in total. The first-order valence-electron chi connectivity index (χ1n) is 6.12. The molecule has 1 aromatic heterocycles. The fourth-order valence-corrected chi connectivity index (χ4v) is 2.03. The van der Waals surface area contributed by atoms with Gasteiger partial charge in [0.05, 0.1) is 16.1 Å².